The van der Waals surface area contributed by atoms with Crippen molar-refractivity contribution in [3.8, 4) is 5.69 Å². The summed E-state index contributed by atoms with van der Waals surface area (Å²) >= 11 is 1.13. The van der Waals surface area contributed by atoms with Crippen molar-refractivity contribution in [2.75, 3.05) is 17.7 Å². The minimum Gasteiger partial charge on any atom is -0.394 e. The first kappa shape index (κ1) is 28.2. The molecule has 3 aromatic rings. The summed E-state index contributed by atoms with van der Waals surface area (Å²) in [5.41, 5.74) is 5.13. The molecule has 0 aliphatic heterocycles. The summed E-state index contributed by atoms with van der Waals surface area (Å²) in [6.07, 6.45) is -6.12. The van der Waals surface area contributed by atoms with Gasteiger partial charge in [0.1, 0.15) is 24.4 Å². The molecule has 12 nitrogen and oxygen atoms in total. The molecule has 0 saturated heterocycles. The van der Waals surface area contributed by atoms with Gasteiger partial charge in [-0.15, -0.1) is 10.2 Å². The number of hydrazone groups is 1. The fourth-order valence-corrected chi connectivity index (χ4v) is 3.93. The molecule has 13 heteroatoms. The Bertz CT molecular complexity index is 1160. The highest BCUT2D eigenvalue weighted by Crippen LogP contribution is 2.22. The molecule has 1 amide bonds. The predicted molar refractivity (Wildman–Crippen MR) is 138 cm³/mol. The molecular formula is C24H30N6O6S. The number of aliphatic hydroxyl groups is 5. The number of nitrogens with one attached hydrogen (secondary N) is 2. The van der Waals surface area contributed by atoms with Crippen molar-refractivity contribution in [1.29, 1.82) is 0 Å². The van der Waals surface area contributed by atoms with Crippen LogP contribution < -0.4 is 10.7 Å². The minimum absolute atomic E-state index is 0.0712. The number of carbonyl (C=O) groups is 1. The summed E-state index contributed by atoms with van der Waals surface area (Å²) in [6.45, 7) is 1.62. The zero-order valence-corrected chi connectivity index (χ0v) is 20.9. The molecule has 3 rings (SSSR count). The largest absolute Gasteiger partial charge is 0.394 e. The van der Waals surface area contributed by atoms with E-state index >= 15 is 0 Å². The number of hydrogen-bond acceptors (Lipinski definition) is 11. The zero-order valence-electron chi connectivity index (χ0n) is 20.0. The SMILES string of the molecule is Cc1ccc(NCc2nnc(SCC(=O)N/N=C/[C@@H](O)[C@@H](O)[C@H](O)[C@H](O)CO)n2-c2ccccc2)cc1. The molecule has 0 aliphatic carbocycles. The summed E-state index contributed by atoms with van der Waals surface area (Å²) in [7, 11) is 0. The van der Waals surface area contributed by atoms with E-state index in [1.807, 2.05) is 66.1 Å². The van der Waals surface area contributed by atoms with Crippen LogP contribution in [0.4, 0.5) is 5.69 Å². The molecule has 0 radical (unpaired) electrons. The lowest BCUT2D eigenvalue weighted by Crippen LogP contribution is -2.46. The highest BCUT2D eigenvalue weighted by molar-refractivity contribution is 7.99. The van der Waals surface area contributed by atoms with Crippen LogP contribution >= 0.6 is 11.8 Å². The van der Waals surface area contributed by atoms with Crippen LogP contribution in [0.15, 0.2) is 64.9 Å². The van der Waals surface area contributed by atoms with Crippen molar-refractivity contribution in [2.45, 2.75) is 43.0 Å². The first-order chi connectivity index (χ1) is 17.8. The van der Waals surface area contributed by atoms with Gasteiger partial charge in [-0.1, -0.05) is 47.7 Å². The first-order valence-electron chi connectivity index (χ1n) is 11.4. The van der Waals surface area contributed by atoms with Gasteiger partial charge in [0, 0.05) is 11.4 Å². The number of rotatable bonds is 13. The van der Waals surface area contributed by atoms with Gasteiger partial charge < -0.3 is 30.8 Å². The molecule has 1 heterocycles. The van der Waals surface area contributed by atoms with Crippen molar-refractivity contribution in [2.24, 2.45) is 5.10 Å². The van der Waals surface area contributed by atoms with Crippen molar-refractivity contribution < 1.29 is 30.3 Å². The number of anilines is 1. The number of amides is 1. The lowest BCUT2D eigenvalue weighted by molar-refractivity contribution is -0.118. The zero-order chi connectivity index (χ0) is 26.8. The van der Waals surface area contributed by atoms with Gasteiger partial charge in [-0.3, -0.25) is 9.36 Å². The number of aryl methyl sites for hydroxylation is 1. The second kappa shape index (κ2) is 13.8. The third-order valence-corrected chi connectivity index (χ3v) is 6.18. The van der Waals surface area contributed by atoms with Crippen LogP contribution in [-0.2, 0) is 11.3 Å². The van der Waals surface area contributed by atoms with Crippen LogP contribution in [0.1, 0.15) is 11.4 Å². The van der Waals surface area contributed by atoms with E-state index in [0.717, 1.165) is 34.9 Å². The summed E-state index contributed by atoms with van der Waals surface area (Å²) in [5.74, 6) is 0.0623. The van der Waals surface area contributed by atoms with Crippen molar-refractivity contribution >= 4 is 29.6 Å². The number of aliphatic hydroxyl groups excluding tert-OH is 5. The summed E-state index contributed by atoms with van der Waals surface area (Å²) < 4.78 is 1.84. The van der Waals surface area contributed by atoms with E-state index in [-0.39, 0.29) is 5.75 Å². The molecule has 0 bridgehead atoms. The summed E-state index contributed by atoms with van der Waals surface area (Å²) in [6, 6.07) is 17.4. The Balaban J connectivity index is 1.61. The number of aromatic nitrogens is 3. The second-order valence-electron chi connectivity index (χ2n) is 8.11. The second-order valence-corrected chi connectivity index (χ2v) is 9.06. The molecule has 4 atom stereocenters. The molecule has 0 fully saturated rings. The van der Waals surface area contributed by atoms with Gasteiger partial charge in [-0.2, -0.15) is 5.10 Å². The van der Waals surface area contributed by atoms with Crippen LogP contribution in [0.5, 0.6) is 0 Å². The Morgan fingerprint density at radius 1 is 1.05 bits per heavy atom. The molecule has 0 aliphatic rings. The van der Waals surface area contributed by atoms with Gasteiger partial charge in [-0.05, 0) is 31.2 Å². The fourth-order valence-electron chi connectivity index (χ4n) is 3.17. The monoisotopic (exact) mass is 530 g/mol. The quantitative estimate of drug-likeness (QED) is 0.0888. The summed E-state index contributed by atoms with van der Waals surface area (Å²) in [4.78, 5) is 12.3. The maximum Gasteiger partial charge on any atom is 0.250 e. The van der Waals surface area contributed by atoms with Crippen molar-refractivity contribution in [3.05, 3.63) is 66.0 Å². The Morgan fingerprint density at radius 3 is 2.43 bits per heavy atom. The average Bonchev–Trinajstić information content (AvgIpc) is 3.33. The van der Waals surface area contributed by atoms with E-state index in [0.29, 0.717) is 17.5 Å². The van der Waals surface area contributed by atoms with Gasteiger partial charge in [0.2, 0.25) is 0 Å². The number of thioether (sulfide) groups is 1. The van der Waals surface area contributed by atoms with E-state index in [1.165, 1.54) is 0 Å². The molecule has 198 valence electrons. The fraction of sp³-hybridized carbons (Fsp3) is 0.333. The Kier molecular flexibility index (Phi) is 10.6. The van der Waals surface area contributed by atoms with Gasteiger partial charge >= 0.3 is 0 Å². The predicted octanol–water partition coefficient (Wildman–Crippen LogP) is -0.182. The summed E-state index contributed by atoms with van der Waals surface area (Å²) in [5, 5.41) is 63.3. The molecule has 0 spiro atoms. The molecule has 0 saturated carbocycles. The van der Waals surface area contributed by atoms with Crippen LogP contribution in [0.3, 0.4) is 0 Å². The molecule has 7 N–H and O–H groups in total. The third-order valence-electron chi connectivity index (χ3n) is 5.25. The van der Waals surface area contributed by atoms with Gasteiger partial charge in [0.05, 0.1) is 25.1 Å². The maximum absolute atomic E-state index is 12.3. The highest BCUT2D eigenvalue weighted by atomic mass is 32.2. The van der Waals surface area contributed by atoms with E-state index < -0.39 is 36.9 Å². The number of para-hydroxylation sites is 1. The van der Waals surface area contributed by atoms with E-state index in [9.17, 15) is 25.2 Å². The first-order valence-corrected chi connectivity index (χ1v) is 12.4. The molecule has 0 unspecified atom stereocenters. The van der Waals surface area contributed by atoms with Gasteiger partial charge in [-0.25, -0.2) is 5.43 Å². The molecule has 37 heavy (non-hydrogen) atoms. The van der Waals surface area contributed by atoms with Crippen LogP contribution in [0, 0.1) is 6.92 Å². The third kappa shape index (κ3) is 8.08. The number of benzene rings is 2. The maximum atomic E-state index is 12.3. The van der Waals surface area contributed by atoms with Crippen molar-refractivity contribution in [3.63, 3.8) is 0 Å². The highest BCUT2D eigenvalue weighted by Gasteiger charge is 2.29. The number of nitrogens with zero attached hydrogens (tertiary/aromatic N) is 4. The number of hydrogen-bond donors (Lipinski definition) is 7. The van der Waals surface area contributed by atoms with Gasteiger partial charge in [0.25, 0.3) is 5.91 Å². The standard InChI is InChI=1S/C24H30N6O6S/c1-15-7-9-16(10-8-15)25-12-20-27-29-24(30(20)17-5-3-2-4-6-17)37-14-21(34)28-26-11-18(32)22(35)23(36)19(33)13-31/h2-11,18-19,22-23,25,31-33,35-36H,12-14H2,1H3,(H,28,34)/b26-11+/t18-,19-,22-,23-/m1/s1. The Hall–Kier alpha value is -3.33. The lowest BCUT2D eigenvalue weighted by atomic mass is 10.0. The van der Waals surface area contributed by atoms with Crippen LogP contribution in [-0.4, -0.2) is 89.2 Å². The van der Waals surface area contributed by atoms with Crippen molar-refractivity contribution in [1.82, 2.24) is 20.2 Å². The van der Waals surface area contributed by atoms with Crippen LogP contribution in [0.25, 0.3) is 5.69 Å². The molecular weight excluding hydrogens is 500 g/mol. The van der Waals surface area contributed by atoms with E-state index in [2.05, 4.69) is 26.0 Å². The average molecular weight is 531 g/mol. The Morgan fingerprint density at radius 2 is 1.76 bits per heavy atom. The lowest BCUT2D eigenvalue weighted by Gasteiger charge is -2.23. The van der Waals surface area contributed by atoms with E-state index in [1.54, 1.807) is 0 Å². The van der Waals surface area contributed by atoms with Gasteiger partial charge in [0.15, 0.2) is 11.0 Å². The van der Waals surface area contributed by atoms with E-state index in [4.69, 9.17) is 5.11 Å². The normalized spacial score (nSPS) is 14.8. The van der Waals surface area contributed by atoms with Crippen LogP contribution in [0.2, 0.25) is 0 Å². The number of carbonyl (C=O) groups excluding carboxylic acids is 1. The Labute approximate surface area is 217 Å². The topological polar surface area (TPSA) is 185 Å². The molecule has 1 aromatic heterocycles. The smallest absolute Gasteiger partial charge is 0.250 e. The minimum atomic E-state index is -1.81. The molecule has 2 aromatic carbocycles.